The third kappa shape index (κ3) is 2.36. The molecular formula is C19H15ClN2. The summed E-state index contributed by atoms with van der Waals surface area (Å²) in [6.07, 6.45) is 8.64. The molecule has 0 spiro atoms. The van der Waals surface area contributed by atoms with Crippen molar-refractivity contribution >= 4 is 22.6 Å². The first kappa shape index (κ1) is 13.4. The largest absolute Gasteiger partial charge is 0.323 e. The molecule has 0 bridgehead atoms. The zero-order valence-corrected chi connectivity index (χ0v) is 12.7. The molecule has 1 aliphatic rings. The van der Waals surface area contributed by atoms with E-state index in [0.29, 0.717) is 5.92 Å². The monoisotopic (exact) mass is 306 g/mol. The van der Waals surface area contributed by atoms with Crippen molar-refractivity contribution in [3.8, 4) is 11.4 Å². The van der Waals surface area contributed by atoms with Gasteiger partial charge in [0.05, 0.1) is 11.0 Å². The van der Waals surface area contributed by atoms with Crippen molar-refractivity contribution in [3.63, 3.8) is 0 Å². The summed E-state index contributed by atoms with van der Waals surface area (Å²) in [4.78, 5) is 4.82. The lowest BCUT2D eigenvalue weighted by molar-refractivity contribution is 0.640. The Labute approximate surface area is 134 Å². The predicted octanol–water partition coefficient (Wildman–Crippen LogP) is 5.10. The fourth-order valence-electron chi connectivity index (χ4n) is 2.92. The van der Waals surface area contributed by atoms with Gasteiger partial charge in [0.15, 0.2) is 0 Å². The van der Waals surface area contributed by atoms with Gasteiger partial charge in [-0.2, -0.15) is 0 Å². The van der Waals surface area contributed by atoms with E-state index in [1.54, 1.807) is 0 Å². The van der Waals surface area contributed by atoms with E-state index in [-0.39, 0.29) is 0 Å². The Kier molecular flexibility index (Phi) is 3.32. The van der Waals surface area contributed by atoms with Crippen LogP contribution in [0.1, 0.15) is 0 Å². The summed E-state index contributed by atoms with van der Waals surface area (Å²) in [7, 11) is 0. The van der Waals surface area contributed by atoms with Crippen molar-refractivity contribution in [1.29, 1.82) is 0 Å². The lowest BCUT2D eigenvalue weighted by Gasteiger charge is -2.12. The van der Waals surface area contributed by atoms with E-state index in [0.717, 1.165) is 34.0 Å². The molecule has 2 nitrogen and oxygen atoms in total. The molecule has 0 unspecified atom stereocenters. The van der Waals surface area contributed by atoms with E-state index in [1.165, 1.54) is 0 Å². The van der Waals surface area contributed by atoms with Crippen LogP contribution in [0.2, 0.25) is 5.02 Å². The Morgan fingerprint density at radius 2 is 1.82 bits per heavy atom. The number of halogens is 1. The molecule has 0 radical (unpaired) electrons. The summed E-state index contributed by atoms with van der Waals surface area (Å²) in [5.74, 6) is 1.38. The highest BCUT2D eigenvalue weighted by molar-refractivity contribution is 6.30. The van der Waals surface area contributed by atoms with Crippen LogP contribution >= 0.6 is 11.6 Å². The summed E-state index contributed by atoms with van der Waals surface area (Å²) in [6, 6.07) is 16.2. The Morgan fingerprint density at radius 1 is 1.00 bits per heavy atom. The zero-order chi connectivity index (χ0) is 14.9. The molecule has 3 aromatic rings. The predicted molar refractivity (Wildman–Crippen MR) is 91.9 cm³/mol. The summed E-state index contributed by atoms with van der Waals surface area (Å²) < 4.78 is 2.28. The van der Waals surface area contributed by atoms with Gasteiger partial charge in [0.1, 0.15) is 5.82 Å². The molecule has 1 aliphatic carbocycles. The number of rotatable bonds is 3. The number of hydrogen-bond acceptors (Lipinski definition) is 1. The van der Waals surface area contributed by atoms with Gasteiger partial charge in [-0.25, -0.2) is 4.98 Å². The van der Waals surface area contributed by atoms with Gasteiger partial charge in [-0.05, 0) is 24.3 Å². The van der Waals surface area contributed by atoms with Crippen LogP contribution in [0.25, 0.3) is 22.4 Å². The topological polar surface area (TPSA) is 17.8 Å². The van der Waals surface area contributed by atoms with Crippen molar-refractivity contribution in [3.05, 3.63) is 77.9 Å². The molecule has 0 aliphatic heterocycles. The van der Waals surface area contributed by atoms with Crippen LogP contribution in [0, 0.1) is 5.92 Å². The SMILES string of the molecule is Clc1cccc(-c2nc3ccccc3n2CC2C=CC=C2)c1. The van der Waals surface area contributed by atoms with Crippen LogP contribution in [0.5, 0.6) is 0 Å². The first-order valence-electron chi connectivity index (χ1n) is 7.37. The molecule has 0 N–H and O–H groups in total. The number of allylic oxidation sites excluding steroid dienone is 4. The Bertz CT molecular complexity index is 877. The molecule has 2 aromatic carbocycles. The minimum absolute atomic E-state index is 0.413. The van der Waals surface area contributed by atoms with Crippen molar-refractivity contribution < 1.29 is 0 Å². The lowest BCUT2D eigenvalue weighted by Crippen LogP contribution is -2.07. The maximum Gasteiger partial charge on any atom is 0.141 e. The molecular weight excluding hydrogens is 292 g/mol. The fourth-order valence-corrected chi connectivity index (χ4v) is 3.11. The number of aromatic nitrogens is 2. The second-order valence-electron chi connectivity index (χ2n) is 5.48. The van der Waals surface area contributed by atoms with Crippen LogP contribution in [0.15, 0.2) is 72.8 Å². The third-order valence-corrected chi connectivity index (χ3v) is 4.19. The number of fused-ring (bicyclic) bond motifs is 1. The number of para-hydroxylation sites is 2. The van der Waals surface area contributed by atoms with E-state index in [9.17, 15) is 0 Å². The number of nitrogens with zero attached hydrogens (tertiary/aromatic N) is 2. The van der Waals surface area contributed by atoms with Crippen LogP contribution in [-0.2, 0) is 6.54 Å². The molecule has 1 heterocycles. The smallest absolute Gasteiger partial charge is 0.141 e. The molecule has 0 saturated heterocycles. The third-order valence-electron chi connectivity index (χ3n) is 3.96. The average molecular weight is 307 g/mol. The second kappa shape index (κ2) is 5.47. The summed E-state index contributed by atoms with van der Waals surface area (Å²) in [5, 5.41) is 0.733. The van der Waals surface area contributed by atoms with Crippen LogP contribution in [-0.4, -0.2) is 9.55 Å². The standard InChI is InChI=1S/C19H15ClN2/c20-16-9-5-8-15(12-16)19-21-17-10-3-4-11-18(17)22(19)13-14-6-1-2-7-14/h1-12,14H,13H2. The van der Waals surface area contributed by atoms with E-state index in [2.05, 4.69) is 53.1 Å². The minimum atomic E-state index is 0.413. The lowest BCUT2D eigenvalue weighted by atomic mass is 10.1. The first-order chi connectivity index (χ1) is 10.8. The van der Waals surface area contributed by atoms with Gasteiger partial charge < -0.3 is 4.57 Å². The van der Waals surface area contributed by atoms with Gasteiger partial charge in [-0.1, -0.05) is 60.2 Å². The highest BCUT2D eigenvalue weighted by atomic mass is 35.5. The first-order valence-corrected chi connectivity index (χ1v) is 7.75. The van der Waals surface area contributed by atoms with Crippen molar-refractivity contribution in [1.82, 2.24) is 9.55 Å². The number of hydrogen-bond donors (Lipinski definition) is 0. The Morgan fingerprint density at radius 3 is 2.64 bits per heavy atom. The summed E-state index contributed by atoms with van der Waals surface area (Å²) >= 11 is 6.16. The highest BCUT2D eigenvalue weighted by Gasteiger charge is 2.15. The van der Waals surface area contributed by atoms with Crippen LogP contribution < -0.4 is 0 Å². The molecule has 1 aromatic heterocycles. The van der Waals surface area contributed by atoms with E-state index < -0.39 is 0 Å². The normalized spacial score (nSPS) is 14.2. The Hall–Kier alpha value is -2.32. The van der Waals surface area contributed by atoms with Crippen molar-refractivity contribution in [2.45, 2.75) is 6.54 Å². The molecule has 3 heteroatoms. The van der Waals surface area contributed by atoms with Crippen LogP contribution in [0.3, 0.4) is 0 Å². The van der Waals surface area contributed by atoms with E-state index >= 15 is 0 Å². The maximum atomic E-state index is 6.16. The highest BCUT2D eigenvalue weighted by Crippen LogP contribution is 2.28. The van der Waals surface area contributed by atoms with Gasteiger partial charge in [0.25, 0.3) is 0 Å². The molecule has 0 saturated carbocycles. The molecule has 0 amide bonds. The quantitative estimate of drug-likeness (QED) is 0.658. The van der Waals surface area contributed by atoms with E-state index in [1.807, 2.05) is 24.3 Å². The molecule has 108 valence electrons. The fraction of sp³-hybridized carbons (Fsp3) is 0.105. The second-order valence-corrected chi connectivity index (χ2v) is 5.92. The molecule has 22 heavy (non-hydrogen) atoms. The van der Waals surface area contributed by atoms with Gasteiger partial charge in [0.2, 0.25) is 0 Å². The summed E-state index contributed by atoms with van der Waals surface area (Å²) in [5.41, 5.74) is 3.23. The average Bonchev–Trinajstić information content (AvgIpc) is 3.16. The van der Waals surface area contributed by atoms with Crippen LogP contribution in [0.4, 0.5) is 0 Å². The Balaban J connectivity index is 1.89. The van der Waals surface area contributed by atoms with Gasteiger partial charge in [-0.15, -0.1) is 0 Å². The van der Waals surface area contributed by atoms with Crippen molar-refractivity contribution in [2.75, 3.05) is 0 Å². The van der Waals surface area contributed by atoms with E-state index in [4.69, 9.17) is 16.6 Å². The number of imidazole rings is 1. The maximum absolute atomic E-state index is 6.16. The number of benzene rings is 2. The molecule has 0 fully saturated rings. The van der Waals surface area contributed by atoms with Gasteiger partial charge >= 0.3 is 0 Å². The molecule has 0 atom stereocenters. The van der Waals surface area contributed by atoms with Gasteiger partial charge in [0, 0.05) is 23.0 Å². The minimum Gasteiger partial charge on any atom is -0.323 e. The molecule has 4 rings (SSSR count). The summed E-state index contributed by atoms with van der Waals surface area (Å²) in [6.45, 7) is 0.884. The van der Waals surface area contributed by atoms with Crippen molar-refractivity contribution in [2.24, 2.45) is 5.92 Å². The van der Waals surface area contributed by atoms with Gasteiger partial charge in [-0.3, -0.25) is 0 Å². The zero-order valence-electron chi connectivity index (χ0n) is 12.0.